The highest BCUT2D eigenvalue weighted by atomic mass is 127. The van der Waals surface area contributed by atoms with Crippen molar-refractivity contribution in [1.29, 1.82) is 0 Å². The van der Waals surface area contributed by atoms with Crippen molar-refractivity contribution in [2.75, 3.05) is 44.7 Å². The molecule has 1 saturated heterocycles. The lowest BCUT2D eigenvalue weighted by Gasteiger charge is -2.36. The second-order valence-electron chi connectivity index (χ2n) is 6.33. The van der Waals surface area contributed by atoms with Crippen molar-refractivity contribution in [3.05, 3.63) is 42.4 Å². The Morgan fingerprint density at radius 3 is 2.47 bits per heavy atom. The Bertz CT molecular complexity index is 815. The molecule has 1 N–H and O–H groups in total. The van der Waals surface area contributed by atoms with Crippen LogP contribution >= 0.6 is 24.0 Å². The van der Waals surface area contributed by atoms with E-state index < -0.39 is 12.8 Å². The number of hydrogen-bond donors (Lipinski definition) is 1. The van der Waals surface area contributed by atoms with E-state index in [-0.39, 0.29) is 29.9 Å². The fraction of sp³-hybridized carbons (Fsp3) is 0.444. The van der Waals surface area contributed by atoms with Crippen molar-refractivity contribution in [3.63, 3.8) is 0 Å². The topological polar surface area (TPSA) is 78.8 Å². The van der Waals surface area contributed by atoms with Crippen LogP contribution in [0.3, 0.4) is 0 Å². The van der Waals surface area contributed by atoms with Gasteiger partial charge >= 0.3 is 6.18 Å². The lowest BCUT2D eigenvalue weighted by molar-refractivity contribution is -0.154. The first kappa shape index (κ1) is 23.9. The van der Waals surface area contributed by atoms with E-state index in [1.807, 2.05) is 0 Å². The zero-order chi connectivity index (χ0) is 20.7. The molecule has 0 radical (unpaired) electrons. The van der Waals surface area contributed by atoms with Crippen molar-refractivity contribution in [3.8, 4) is 5.88 Å². The lowest BCUT2D eigenvalue weighted by Crippen LogP contribution is -2.52. The van der Waals surface area contributed by atoms with Gasteiger partial charge in [0.2, 0.25) is 11.8 Å². The molecule has 8 nitrogen and oxygen atoms in total. The van der Waals surface area contributed by atoms with Gasteiger partial charge in [-0.05, 0) is 17.7 Å². The summed E-state index contributed by atoms with van der Waals surface area (Å²) in [7, 11) is 1.69. The standard InChI is InChI=1S/C18H22F3N7O.HI/c1-22-16(27-7-9-28(10-8-27)17-24-4-2-5-25-17)26-12-14-3-6-23-15(11-14)29-13-18(19,20)21;/h2-6,11H,7-10,12-13H2,1H3,(H,22,26);1H. The largest absolute Gasteiger partial charge is 0.468 e. The molecular formula is C18H23F3IN7O. The van der Waals surface area contributed by atoms with E-state index >= 15 is 0 Å². The Kier molecular flexibility index (Phi) is 8.87. The molecule has 1 fully saturated rings. The molecule has 164 valence electrons. The number of aliphatic imine (C=N–C) groups is 1. The number of pyridine rings is 1. The minimum Gasteiger partial charge on any atom is -0.468 e. The van der Waals surface area contributed by atoms with Gasteiger partial charge in [0.25, 0.3) is 0 Å². The Labute approximate surface area is 189 Å². The van der Waals surface area contributed by atoms with Gasteiger partial charge in [0, 0.05) is 64.4 Å². The summed E-state index contributed by atoms with van der Waals surface area (Å²) in [5.74, 6) is 1.36. The van der Waals surface area contributed by atoms with Gasteiger partial charge in [0.1, 0.15) is 0 Å². The van der Waals surface area contributed by atoms with Crippen molar-refractivity contribution < 1.29 is 17.9 Å². The summed E-state index contributed by atoms with van der Waals surface area (Å²) in [6, 6.07) is 4.98. The number of rotatable bonds is 5. The monoisotopic (exact) mass is 537 g/mol. The summed E-state index contributed by atoms with van der Waals surface area (Å²) in [6.07, 6.45) is 0.461. The van der Waals surface area contributed by atoms with Crippen LogP contribution in [0.2, 0.25) is 0 Å². The normalized spacial score (nSPS) is 14.9. The average molecular weight is 537 g/mol. The molecule has 3 rings (SSSR count). The van der Waals surface area contributed by atoms with Crippen LogP contribution in [0.15, 0.2) is 41.8 Å². The van der Waals surface area contributed by atoms with E-state index in [4.69, 9.17) is 4.74 Å². The molecule has 12 heteroatoms. The minimum atomic E-state index is -4.40. The molecule has 0 spiro atoms. The van der Waals surface area contributed by atoms with Crippen LogP contribution in [0.4, 0.5) is 19.1 Å². The van der Waals surface area contributed by atoms with Crippen molar-refractivity contribution in [2.24, 2.45) is 4.99 Å². The van der Waals surface area contributed by atoms with Gasteiger partial charge in [-0.3, -0.25) is 4.99 Å². The number of aromatic nitrogens is 3. The molecule has 1 aliphatic rings. The quantitative estimate of drug-likeness (QED) is 0.357. The summed E-state index contributed by atoms with van der Waals surface area (Å²) >= 11 is 0. The summed E-state index contributed by atoms with van der Waals surface area (Å²) in [5.41, 5.74) is 0.745. The maximum absolute atomic E-state index is 12.3. The van der Waals surface area contributed by atoms with E-state index in [0.717, 1.165) is 31.7 Å². The van der Waals surface area contributed by atoms with Gasteiger partial charge in [-0.1, -0.05) is 0 Å². The van der Waals surface area contributed by atoms with Crippen LogP contribution in [-0.2, 0) is 6.54 Å². The van der Waals surface area contributed by atoms with E-state index in [0.29, 0.717) is 18.5 Å². The highest BCUT2D eigenvalue weighted by Gasteiger charge is 2.28. The SMILES string of the molecule is CN=C(NCc1ccnc(OCC(F)(F)F)c1)N1CCN(c2ncccn2)CC1.I. The van der Waals surface area contributed by atoms with Crippen LogP contribution in [0.1, 0.15) is 5.56 Å². The molecule has 1 aliphatic heterocycles. The van der Waals surface area contributed by atoms with E-state index in [9.17, 15) is 13.2 Å². The molecule has 0 aliphatic carbocycles. The maximum Gasteiger partial charge on any atom is 0.422 e. The second-order valence-corrected chi connectivity index (χ2v) is 6.33. The first-order chi connectivity index (χ1) is 13.9. The molecule has 0 aromatic carbocycles. The fourth-order valence-corrected chi connectivity index (χ4v) is 2.88. The van der Waals surface area contributed by atoms with Crippen molar-refractivity contribution in [2.45, 2.75) is 12.7 Å². The number of anilines is 1. The van der Waals surface area contributed by atoms with Crippen LogP contribution in [-0.4, -0.2) is 71.8 Å². The smallest absolute Gasteiger partial charge is 0.422 e. The molecule has 0 amide bonds. The third-order valence-electron chi connectivity index (χ3n) is 4.26. The van der Waals surface area contributed by atoms with E-state index in [2.05, 4.69) is 35.1 Å². The van der Waals surface area contributed by atoms with Gasteiger partial charge in [0.15, 0.2) is 12.6 Å². The van der Waals surface area contributed by atoms with Crippen molar-refractivity contribution >= 4 is 35.9 Å². The zero-order valence-corrected chi connectivity index (χ0v) is 18.7. The third-order valence-corrected chi connectivity index (χ3v) is 4.26. The predicted molar refractivity (Wildman–Crippen MR) is 117 cm³/mol. The number of piperazine rings is 1. The molecule has 0 atom stereocenters. The number of hydrogen-bond acceptors (Lipinski definition) is 6. The Morgan fingerprint density at radius 1 is 1.13 bits per heavy atom. The predicted octanol–water partition coefficient (Wildman–Crippen LogP) is 2.33. The average Bonchev–Trinajstić information content (AvgIpc) is 2.74. The van der Waals surface area contributed by atoms with Gasteiger partial charge in [-0.25, -0.2) is 15.0 Å². The Hall–Kier alpha value is -2.38. The summed E-state index contributed by atoms with van der Waals surface area (Å²) in [6.45, 7) is 2.03. The van der Waals surface area contributed by atoms with Crippen LogP contribution in [0, 0.1) is 0 Å². The Morgan fingerprint density at radius 2 is 1.83 bits per heavy atom. The summed E-state index contributed by atoms with van der Waals surface area (Å²) < 4.78 is 41.5. The van der Waals surface area contributed by atoms with E-state index in [1.54, 1.807) is 31.6 Å². The van der Waals surface area contributed by atoms with Gasteiger partial charge < -0.3 is 19.9 Å². The highest BCUT2D eigenvalue weighted by molar-refractivity contribution is 14.0. The lowest BCUT2D eigenvalue weighted by atomic mass is 10.2. The number of nitrogens with one attached hydrogen (secondary N) is 1. The first-order valence-corrected chi connectivity index (χ1v) is 9.06. The number of ether oxygens (including phenoxy) is 1. The number of nitrogens with zero attached hydrogens (tertiary/aromatic N) is 6. The van der Waals surface area contributed by atoms with E-state index in [1.165, 1.54) is 12.3 Å². The molecular weight excluding hydrogens is 514 g/mol. The molecule has 2 aromatic rings. The van der Waals surface area contributed by atoms with Crippen LogP contribution in [0.5, 0.6) is 5.88 Å². The fourth-order valence-electron chi connectivity index (χ4n) is 2.88. The summed E-state index contributed by atoms with van der Waals surface area (Å²) in [4.78, 5) is 20.9. The number of alkyl halides is 3. The molecule has 2 aromatic heterocycles. The van der Waals surface area contributed by atoms with Gasteiger partial charge in [-0.15, -0.1) is 24.0 Å². The number of guanidine groups is 1. The first-order valence-electron chi connectivity index (χ1n) is 9.06. The Balaban J connectivity index is 0.00000320. The maximum atomic E-state index is 12.3. The van der Waals surface area contributed by atoms with Crippen LogP contribution < -0.4 is 15.0 Å². The number of halogens is 4. The van der Waals surface area contributed by atoms with Crippen molar-refractivity contribution in [1.82, 2.24) is 25.2 Å². The molecule has 0 saturated carbocycles. The van der Waals surface area contributed by atoms with Gasteiger partial charge in [-0.2, -0.15) is 13.2 Å². The minimum absolute atomic E-state index is 0. The third kappa shape index (κ3) is 7.15. The van der Waals surface area contributed by atoms with Crippen LogP contribution in [0.25, 0.3) is 0 Å². The molecule has 30 heavy (non-hydrogen) atoms. The second kappa shape index (κ2) is 11.1. The highest BCUT2D eigenvalue weighted by Crippen LogP contribution is 2.17. The molecule has 3 heterocycles. The summed E-state index contributed by atoms with van der Waals surface area (Å²) in [5, 5.41) is 3.23. The molecule has 0 bridgehead atoms. The van der Waals surface area contributed by atoms with Gasteiger partial charge in [0.05, 0.1) is 0 Å². The zero-order valence-electron chi connectivity index (χ0n) is 16.3. The molecule has 0 unspecified atom stereocenters.